The minimum atomic E-state index is 0.748. The first-order valence-electron chi connectivity index (χ1n) is 2.64. The van der Waals surface area contributed by atoms with Crippen LogP contribution in [-0.4, -0.2) is 0 Å². The predicted molar refractivity (Wildman–Crippen MR) is 44.0 cm³/mol. The lowest BCUT2D eigenvalue weighted by atomic mass is 10.4. The lowest BCUT2D eigenvalue weighted by molar-refractivity contribution is 1.54. The molecule has 1 aromatic rings. The molecular weight excluding hydrogens is 166 g/mol. The molecule has 10 heavy (non-hydrogen) atoms. The Morgan fingerprint density at radius 2 is 2.40 bits per heavy atom. The molecule has 1 aromatic heterocycles. The number of hydrogen-bond donors (Lipinski definition) is 0. The monoisotopic (exact) mass is 169 g/mol. The third-order valence-corrected chi connectivity index (χ3v) is 2.11. The normalized spacial score (nSPS) is 10.0. The van der Waals surface area contributed by atoms with Gasteiger partial charge in [-0.05, 0) is 18.2 Å². The molecule has 1 heterocycles. The van der Waals surface area contributed by atoms with Gasteiger partial charge in [-0.1, -0.05) is 11.6 Å². The van der Waals surface area contributed by atoms with E-state index in [0.29, 0.717) is 0 Å². The molecule has 0 aromatic carbocycles. The van der Waals surface area contributed by atoms with Gasteiger partial charge in [-0.25, -0.2) is 0 Å². The van der Waals surface area contributed by atoms with E-state index in [9.17, 15) is 0 Å². The van der Waals surface area contributed by atoms with Crippen molar-refractivity contribution in [3.05, 3.63) is 27.4 Å². The highest BCUT2D eigenvalue weighted by Gasteiger charge is 1.90. The van der Waals surface area contributed by atoms with Crippen LogP contribution in [0.25, 0.3) is 6.08 Å². The Bertz CT molecular complexity index is 282. The van der Waals surface area contributed by atoms with E-state index in [1.54, 1.807) is 6.08 Å². The summed E-state index contributed by atoms with van der Waals surface area (Å²) in [7, 11) is 0. The third kappa shape index (κ3) is 1.87. The number of halogens is 1. The Kier molecular flexibility index (Phi) is 2.49. The molecule has 0 aliphatic rings. The summed E-state index contributed by atoms with van der Waals surface area (Å²) in [6, 6.07) is 5.59. The summed E-state index contributed by atoms with van der Waals surface area (Å²) in [6.45, 7) is 0. The highest BCUT2D eigenvalue weighted by atomic mass is 35.5. The Morgan fingerprint density at radius 3 is 2.90 bits per heavy atom. The molecular formula is C7H4ClNS. The van der Waals surface area contributed by atoms with Crippen LogP contribution in [0.1, 0.15) is 4.88 Å². The summed E-state index contributed by atoms with van der Waals surface area (Å²) in [5.41, 5.74) is 0. The van der Waals surface area contributed by atoms with Crippen molar-refractivity contribution in [2.45, 2.75) is 0 Å². The van der Waals surface area contributed by atoms with Gasteiger partial charge in [-0.3, -0.25) is 0 Å². The van der Waals surface area contributed by atoms with Gasteiger partial charge in [0.25, 0.3) is 0 Å². The van der Waals surface area contributed by atoms with Gasteiger partial charge in [0, 0.05) is 11.0 Å². The Balaban J connectivity index is 2.78. The second kappa shape index (κ2) is 3.40. The molecule has 0 aliphatic carbocycles. The molecule has 0 atom stereocenters. The molecule has 0 radical (unpaired) electrons. The fourth-order valence-corrected chi connectivity index (χ4v) is 1.50. The molecule has 0 saturated carbocycles. The summed E-state index contributed by atoms with van der Waals surface area (Å²) in [6.07, 6.45) is 3.17. The highest BCUT2D eigenvalue weighted by Crippen LogP contribution is 2.22. The Hall–Kier alpha value is -0.780. The SMILES string of the molecule is N#C/C=C/c1ccc(Cl)s1. The van der Waals surface area contributed by atoms with Crippen LogP contribution < -0.4 is 0 Å². The minimum Gasteiger partial charge on any atom is -0.193 e. The molecule has 3 heteroatoms. The van der Waals surface area contributed by atoms with Crippen molar-refractivity contribution in [1.82, 2.24) is 0 Å². The van der Waals surface area contributed by atoms with Gasteiger partial charge in [0.2, 0.25) is 0 Å². The predicted octanol–water partition coefficient (Wildman–Crippen LogP) is 2.94. The second-order valence-corrected chi connectivity index (χ2v) is 3.35. The van der Waals surface area contributed by atoms with Crippen LogP contribution in [0.5, 0.6) is 0 Å². The van der Waals surface area contributed by atoms with Crippen LogP contribution >= 0.6 is 22.9 Å². The molecule has 0 amide bonds. The zero-order chi connectivity index (χ0) is 7.40. The summed E-state index contributed by atoms with van der Waals surface area (Å²) in [5.74, 6) is 0. The van der Waals surface area contributed by atoms with Gasteiger partial charge < -0.3 is 0 Å². The van der Waals surface area contributed by atoms with Crippen molar-refractivity contribution in [2.75, 3.05) is 0 Å². The van der Waals surface area contributed by atoms with Crippen LogP contribution in [0.15, 0.2) is 18.2 Å². The summed E-state index contributed by atoms with van der Waals surface area (Å²) in [4.78, 5) is 1.01. The van der Waals surface area contributed by atoms with Crippen molar-refractivity contribution in [1.29, 1.82) is 5.26 Å². The molecule has 0 saturated heterocycles. The molecule has 0 N–H and O–H groups in total. The van der Waals surface area contributed by atoms with Gasteiger partial charge in [0.05, 0.1) is 10.4 Å². The first-order chi connectivity index (χ1) is 4.83. The number of thiophene rings is 1. The van der Waals surface area contributed by atoms with Crippen molar-refractivity contribution in [2.24, 2.45) is 0 Å². The number of nitriles is 1. The third-order valence-electron chi connectivity index (χ3n) is 0.916. The molecule has 0 aliphatic heterocycles. The zero-order valence-corrected chi connectivity index (χ0v) is 6.62. The van der Waals surface area contributed by atoms with Gasteiger partial charge in [-0.15, -0.1) is 11.3 Å². The van der Waals surface area contributed by atoms with Crippen molar-refractivity contribution < 1.29 is 0 Å². The quantitative estimate of drug-likeness (QED) is 0.593. The zero-order valence-electron chi connectivity index (χ0n) is 5.04. The number of hydrogen-bond acceptors (Lipinski definition) is 2. The first-order valence-corrected chi connectivity index (χ1v) is 3.84. The molecule has 0 unspecified atom stereocenters. The Morgan fingerprint density at radius 1 is 1.60 bits per heavy atom. The molecule has 1 nitrogen and oxygen atoms in total. The Labute approximate surface area is 68.2 Å². The summed E-state index contributed by atoms with van der Waals surface area (Å²) in [5, 5.41) is 8.17. The van der Waals surface area contributed by atoms with Crippen LogP contribution in [0.2, 0.25) is 4.34 Å². The molecule has 50 valence electrons. The van der Waals surface area contributed by atoms with Crippen molar-refractivity contribution in [3.8, 4) is 6.07 Å². The van der Waals surface area contributed by atoms with Gasteiger partial charge in [0.1, 0.15) is 0 Å². The fourth-order valence-electron chi connectivity index (χ4n) is 0.537. The summed E-state index contributed by atoms with van der Waals surface area (Å²) < 4.78 is 0.748. The minimum absolute atomic E-state index is 0.748. The average molecular weight is 170 g/mol. The highest BCUT2D eigenvalue weighted by molar-refractivity contribution is 7.16. The van der Waals surface area contributed by atoms with E-state index in [2.05, 4.69) is 0 Å². The lowest BCUT2D eigenvalue weighted by Gasteiger charge is -1.75. The maximum Gasteiger partial charge on any atom is 0.0934 e. The van der Waals surface area contributed by atoms with E-state index in [1.807, 2.05) is 18.2 Å². The number of rotatable bonds is 1. The van der Waals surface area contributed by atoms with Crippen LogP contribution in [0.3, 0.4) is 0 Å². The van der Waals surface area contributed by atoms with E-state index < -0.39 is 0 Å². The maximum absolute atomic E-state index is 8.17. The standard InChI is InChI=1S/C7H4ClNS/c8-7-4-3-6(10-7)2-1-5-9/h1-4H/b2-1+. The number of allylic oxidation sites excluding steroid dienone is 1. The molecule has 1 rings (SSSR count). The number of nitrogens with zero attached hydrogens (tertiary/aromatic N) is 1. The van der Waals surface area contributed by atoms with E-state index in [4.69, 9.17) is 16.9 Å². The van der Waals surface area contributed by atoms with Gasteiger partial charge >= 0.3 is 0 Å². The summed E-state index contributed by atoms with van der Waals surface area (Å²) >= 11 is 7.10. The topological polar surface area (TPSA) is 23.8 Å². The second-order valence-electron chi connectivity index (χ2n) is 1.60. The van der Waals surface area contributed by atoms with E-state index in [0.717, 1.165) is 9.21 Å². The van der Waals surface area contributed by atoms with Crippen molar-refractivity contribution >= 4 is 29.0 Å². The van der Waals surface area contributed by atoms with Crippen LogP contribution in [0.4, 0.5) is 0 Å². The van der Waals surface area contributed by atoms with E-state index in [1.165, 1.54) is 17.4 Å². The lowest BCUT2D eigenvalue weighted by Crippen LogP contribution is -1.52. The van der Waals surface area contributed by atoms with E-state index in [-0.39, 0.29) is 0 Å². The van der Waals surface area contributed by atoms with Gasteiger partial charge in [-0.2, -0.15) is 5.26 Å². The van der Waals surface area contributed by atoms with Gasteiger partial charge in [0.15, 0.2) is 0 Å². The van der Waals surface area contributed by atoms with Crippen LogP contribution in [-0.2, 0) is 0 Å². The smallest absolute Gasteiger partial charge is 0.0934 e. The molecule has 0 bridgehead atoms. The molecule has 0 spiro atoms. The van der Waals surface area contributed by atoms with Crippen molar-refractivity contribution in [3.63, 3.8) is 0 Å². The first kappa shape index (κ1) is 7.33. The largest absolute Gasteiger partial charge is 0.193 e. The molecule has 0 fully saturated rings. The van der Waals surface area contributed by atoms with Crippen LogP contribution in [0, 0.1) is 11.3 Å². The fraction of sp³-hybridized carbons (Fsp3) is 0. The average Bonchev–Trinajstić information content (AvgIpc) is 2.31. The maximum atomic E-state index is 8.17. The van der Waals surface area contributed by atoms with E-state index >= 15 is 0 Å².